The highest BCUT2D eigenvalue weighted by atomic mass is 16.5. The maximum absolute atomic E-state index is 12.0. The summed E-state index contributed by atoms with van der Waals surface area (Å²) >= 11 is 0. The van der Waals surface area contributed by atoms with Crippen molar-refractivity contribution in [1.29, 1.82) is 0 Å². The molecule has 19 heavy (non-hydrogen) atoms. The number of anilines is 1. The summed E-state index contributed by atoms with van der Waals surface area (Å²) in [6.07, 6.45) is 1.62. The van der Waals surface area contributed by atoms with Crippen molar-refractivity contribution in [1.82, 2.24) is 10.1 Å². The lowest BCUT2D eigenvalue weighted by Gasteiger charge is -2.22. The molecule has 2 rings (SSSR count). The normalized spacial score (nSPS) is 12.6. The third-order valence-corrected chi connectivity index (χ3v) is 2.90. The number of furan rings is 1. The lowest BCUT2D eigenvalue weighted by Crippen LogP contribution is -2.39. The first-order chi connectivity index (χ1) is 9.06. The molecule has 2 heterocycles. The van der Waals surface area contributed by atoms with Crippen molar-refractivity contribution < 1.29 is 13.7 Å². The van der Waals surface area contributed by atoms with Crippen LogP contribution in [0.25, 0.3) is 0 Å². The molecule has 0 aliphatic carbocycles. The fraction of sp³-hybridized carbons (Fsp3) is 0.385. The molecule has 0 fully saturated rings. The van der Waals surface area contributed by atoms with Crippen molar-refractivity contribution in [2.45, 2.75) is 26.4 Å². The van der Waals surface area contributed by atoms with Crippen molar-refractivity contribution in [2.75, 3.05) is 12.4 Å². The van der Waals surface area contributed by atoms with Crippen LogP contribution in [0.1, 0.15) is 18.4 Å². The predicted octanol–water partition coefficient (Wildman–Crippen LogP) is 2.04. The zero-order chi connectivity index (χ0) is 13.8. The first-order valence-electron chi connectivity index (χ1n) is 6.03. The maximum atomic E-state index is 12.0. The number of likely N-dealkylation sites (N-methyl/N-ethyl adjacent to an activating group) is 1. The van der Waals surface area contributed by atoms with Gasteiger partial charge in [0.25, 0.3) is 0 Å². The maximum Gasteiger partial charge on any atom is 0.243 e. The highest BCUT2D eigenvalue weighted by Gasteiger charge is 2.20. The van der Waals surface area contributed by atoms with E-state index in [9.17, 15) is 4.79 Å². The molecule has 102 valence electrons. The van der Waals surface area contributed by atoms with Gasteiger partial charge < -0.3 is 8.94 Å². The highest BCUT2D eigenvalue weighted by molar-refractivity contribution is 5.93. The third-order valence-electron chi connectivity index (χ3n) is 2.90. The number of carbonyl (C=O) groups excluding carboxylic acids is 1. The van der Waals surface area contributed by atoms with E-state index < -0.39 is 0 Å². The summed E-state index contributed by atoms with van der Waals surface area (Å²) in [7, 11) is 1.86. The van der Waals surface area contributed by atoms with E-state index in [1.807, 2.05) is 31.0 Å². The molecule has 0 aromatic carbocycles. The number of rotatable bonds is 5. The van der Waals surface area contributed by atoms with E-state index in [0.29, 0.717) is 12.4 Å². The van der Waals surface area contributed by atoms with Crippen LogP contribution in [0, 0.1) is 6.92 Å². The van der Waals surface area contributed by atoms with Crippen LogP contribution in [-0.4, -0.2) is 29.1 Å². The summed E-state index contributed by atoms with van der Waals surface area (Å²) in [5.74, 6) is 1.03. The summed E-state index contributed by atoms with van der Waals surface area (Å²) in [4.78, 5) is 13.9. The van der Waals surface area contributed by atoms with E-state index in [1.165, 1.54) is 0 Å². The average molecular weight is 263 g/mol. The van der Waals surface area contributed by atoms with Crippen molar-refractivity contribution in [2.24, 2.45) is 0 Å². The number of hydrogen-bond donors (Lipinski definition) is 1. The molecule has 6 nitrogen and oxygen atoms in total. The molecule has 0 bridgehead atoms. The Kier molecular flexibility index (Phi) is 4.01. The minimum absolute atomic E-state index is 0.148. The number of nitrogens with zero attached hydrogens (tertiary/aromatic N) is 2. The molecule has 6 heteroatoms. The van der Waals surface area contributed by atoms with Crippen LogP contribution in [0.15, 0.2) is 33.4 Å². The molecule has 2 aromatic heterocycles. The van der Waals surface area contributed by atoms with E-state index in [-0.39, 0.29) is 11.9 Å². The van der Waals surface area contributed by atoms with Crippen LogP contribution in [0.5, 0.6) is 0 Å². The van der Waals surface area contributed by atoms with E-state index in [4.69, 9.17) is 8.94 Å². The fourth-order valence-electron chi connectivity index (χ4n) is 1.63. The van der Waals surface area contributed by atoms with E-state index in [0.717, 1.165) is 11.5 Å². The number of amides is 1. The molecule has 0 aliphatic rings. The largest absolute Gasteiger partial charge is 0.468 e. The first kappa shape index (κ1) is 13.4. The molecular formula is C13H17N3O3. The van der Waals surface area contributed by atoms with Crippen LogP contribution >= 0.6 is 0 Å². The van der Waals surface area contributed by atoms with Crippen molar-refractivity contribution in [3.8, 4) is 0 Å². The quantitative estimate of drug-likeness (QED) is 0.893. The van der Waals surface area contributed by atoms with Gasteiger partial charge in [-0.25, -0.2) is 0 Å². The Bertz CT molecular complexity index is 533. The Morgan fingerprint density at radius 2 is 2.37 bits per heavy atom. The van der Waals surface area contributed by atoms with Crippen LogP contribution in [0.2, 0.25) is 0 Å². The molecule has 1 amide bonds. The lowest BCUT2D eigenvalue weighted by molar-refractivity contribution is -0.120. The molecule has 0 aliphatic heterocycles. The predicted molar refractivity (Wildman–Crippen MR) is 69.5 cm³/mol. The van der Waals surface area contributed by atoms with Gasteiger partial charge in [0, 0.05) is 6.07 Å². The Hall–Kier alpha value is -2.08. The second-order valence-corrected chi connectivity index (χ2v) is 4.49. The van der Waals surface area contributed by atoms with Crippen LogP contribution in [0.4, 0.5) is 5.88 Å². The minimum atomic E-state index is -0.310. The zero-order valence-electron chi connectivity index (χ0n) is 11.2. The first-order valence-corrected chi connectivity index (χ1v) is 6.03. The number of aryl methyl sites for hydroxylation is 1. The Labute approximate surface area is 111 Å². The molecule has 1 unspecified atom stereocenters. The third kappa shape index (κ3) is 3.45. The topological polar surface area (TPSA) is 71.5 Å². The summed E-state index contributed by atoms with van der Waals surface area (Å²) < 4.78 is 10.2. The molecule has 0 saturated carbocycles. The van der Waals surface area contributed by atoms with Crippen LogP contribution in [-0.2, 0) is 11.3 Å². The van der Waals surface area contributed by atoms with Gasteiger partial charge in [-0.15, -0.1) is 0 Å². The molecule has 0 saturated heterocycles. The summed E-state index contributed by atoms with van der Waals surface area (Å²) in [6, 6.07) is 5.07. The lowest BCUT2D eigenvalue weighted by atomic mass is 10.2. The number of hydrogen-bond acceptors (Lipinski definition) is 5. The SMILES string of the molecule is Cc1cc(NC(=O)C(C)N(C)Cc2ccco2)on1. The van der Waals surface area contributed by atoms with Crippen LogP contribution < -0.4 is 5.32 Å². The van der Waals surface area contributed by atoms with Gasteiger partial charge in [-0.1, -0.05) is 5.16 Å². The number of nitrogens with one attached hydrogen (secondary N) is 1. The van der Waals surface area contributed by atoms with Crippen molar-refractivity contribution in [3.05, 3.63) is 35.9 Å². The number of aromatic nitrogens is 1. The Balaban J connectivity index is 1.91. The number of carbonyl (C=O) groups is 1. The highest BCUT2D eigenvalue weighted by Crippen LogP contribution is 2.11. The standard InChI is InChI=1S/C13H17N3O3/c1-9-7-12(19-15-9)14-13(17)10(2)16(3)8-11-5-4-6-18-11/h4-7,10H,8H2,1-3H3,(H,14,17). The summed E-state index contributed by atoms with van der Waals surface area (Å²) in [5.41, 5.74) is 0.729. The van der Waals surface area contributed by atoms with Gasteiger partial charge >= 0.3 is 0 Å². The van der Waals surface area contributed by atoms with Crippen molar-refractivity contribution >= 4 is 11.8 Å². The smallest absolute Gasteiger partial charge is 0.243 e. The van der Waals surface area contributed by atoms with E-state index >= 15 is 0 Å². The Morgan fingerprint density at radius 3 is 2.95 bits per heavy atom. The summed E-state index contributed by atoms with van der Waals surface area (Å²) in [5, 5.41) is 6.40. The van der Waals surface area contributed by atoms with Gasteiger partial charge in [0.1, 0.15) is 5.76 Å². The summed E-state index contributed by atoms with van der Waals surface area (Å²) in [6.45, 7) is 4.18. The molecule has 1 N–H and O–H groups in total. The Morgan fingerprint density at radius 1 is 1.58 bits per heavy atom. The van der Waals surface area contributed by atoms with E-state index in [2.05, 4.69) is 10.5 Å². The van der Waals surface area contributed by atoms with Gasteiger partial charge in [-0.05, 0) is 33.0 Å². The second-order valence-electron chi connectivity index (χ2n) is 4.49. The molecule has 0 spiro atoms. The van der Waals surface area contributed by atoms with Gasteiger partial charge in [0.15, 0.2) is 0 Å². The molecule has 0 radical (unpaired) electrons. The molecular weight excluding hydrogens is 246 g/mol. The van der Waals surface area contributed by atoms with Crippen molar-refractivity contribution in [3.63, 3.8) is 0 Å². The second kappa shape index (κ2) is 5.71. The average Bonchev–Trinajstić information content (AvgIpc) is 3.00. The van der Waals surface area contributed by atoms with E-state index in [1.54, 1.807) is 19.3 Å². The monoisotopic (exact) mass is 263 g/mol. The minimum Gasteiger partial charge on any atom is -0.468 e. The molecule has 2 aromatic rings. The van der Waals surface area contributed by atoms with Gasteiger partial charge in [0.2, 0.25) is 11.8 Å². The van der Waals surface area contributed by atoms with Gasteiger partial charge in [-0.3, -0.25) is 15.0 Å². The van der Waals surface area contributed by atoms with Gasteiger partial charge in [0.05, 0.1) is 24.5 Å². The zero-order valence-corrected chi connectivity index (χ0v) is 11.2. The van der Waals surface area contributed by atoms with Crippen LogP contribution in [0.3, 0.4) is 0 Å². The van der Waals surface area contributed by atoms with Gasteiger partial charge in [-0.2, -0.15) is 0 Å². The molecule has 1 atom stereocenters. The fourth-order valence-corrected chi connectivity index (χ4v) is 1.63.